The van der Waals surface area contributed by atoms with E-state index in [1.165, 1.54) is 18.2 Å². The molecule has 0 bridgehead atoms. The van der Waals surface area contributed by atoms with Crippen LogP contribution in [0.4, 0.5) is 5.69 Å². The molecule has 0 saturated heterocycles. The summed E-state index contributed by atoms with van der Waals surface area (Å²) in [5, 5.41) is 0.361. The highest BCUT2D eigenvalue weighted by Gasteiger charge is 2.38. The molecule has 1 saturated carbocycles. The Morgan fingerprint density at radius 1 is 1.14 bits per heavy atom. The van der Waals surface area contributed by atoms with Crippen LogP contribution in [0, 0.1) is 0 Å². The molecule has 0 heterocycles. The minimum Gasteiger partial charge on any atom is -0.397 e. The van der Waals surface area contributed by atoms with E-state index in [1.807, 2.05) is 30.3 Å². The Hall–Kier alpha value is -1.56. The van der Waals surface area contributed by atoms with Crippen molar-refractivity contribution in [3.8, 4) is 0 Å². The van der Waals surface area contributed by atoms with Gasteiger partial charge in [0.2, 0.25) is 10.0 Å². The van der Waals surface area contributed by atoms with Gasteiger partial charge >= 0.3 is 0 Å². The van der Waals surface area contributed by atoms with E-state index in [1.54, 1.807) is 4.31 Å². The lowest BCUT2D eigenvalue weighted by Gasteiger charge is -2.22. The van der Waals surface area contributed by atoms with Gasteiger partial charge in [-0.3, -0.25) is 0 Å². The average Bonchev–Trinajstić information content (AvgIpc) is 3.33. The number of nitrogens with two attached hydrogens (primary N) is 1. The van der Waals surface area contributed by atoms with Crippen LogP contribution in [-0.2, 0) is 16.6 Å². The summed E-state index contributed by atoms with van der Waals surface area (Å²) in [5.41, 5.74) is 7.00. The fraction of sp³-hybridized carbons (Fsp3) is 0.250. The predicted octanol–water partition coefficient (Wildman–Crippen LogP) is 3.28. The lowest BCUT2D eigenvalue weighted by Crippen LogP contribution is -2.32. The Bertz CT molecular complexity index is 774. The molecular formula is C16H17ClN2O2S. The summed E-state index contributed by atoms with van der Waals surface area (Å²) in [4.78, 5) is 0.192. The molecule has 2 aromatic carbocycles. The number of nitrogens with zero attached hydrogens (tertiary/aromatic N) is 1. The largest absolute Gasteiger partial charge is 0.397 e. The first-order valence-electron chi connectivity index (χ1n) is 7.09. The van der Waals surface area contributed by atoms with Gasteiger partial charge in [0.05, 0.1) is 15.6 Å². The quantitative estimate of drug-likeness (QED) is 0.852. The Kier molecular flexibility index (Phi) is 4.12. The molecule has 2 N–H and O–H groups in total. The summed E-state index contributed by atoms with van der Waals surface area (Å²) in [7, 11) is -3.58. The van der Waals surface area contributed by atoms with Gasteiger partial charge in [-0.05, 0) is 36.6 Å². The van der Waals surface area contributed by atoms with Crippen molar-refractivity contribution < 1.29 is 8.42 Å². The number of sulfonamides is 1. The molecule has 116 valence electrons. The highest BCUT2D eigenvalue weighted by Crippen LogP contribution is 2.34. The van der Waals surface area contributed by atoms with Crippen molar-refractivity contribution in [1.29, 1.82) is 0 Å². The molecule has 0 radical (unpaired) electrons. The van der Waals surface area contributed by atoms with Gasteiger partial charge in [-0.1, -0.05) is 41.9 Å². The normalized spacial score (nSPS) is 15.2. The smallest absolute Gasteiger partial charge is 0.243 e. The van der Waals surface area contributed by atoms with Crippen LogP contribution in [0.2, 0.25) is 5.02 Å². The molecule has 0 spiro atoms. The molecule has 0 amide bonds. The molecule has 0 atom stereocenters. The SMILES string of the molecule is Nc1cc(S(=O)(=O)N(Cc2ccccc2)C2CC2)ccc1Cl. The lowest BCUT2D eigenvalue weighted by atomic mass is 10.2. The highest BCUT2D eigenvalue weighted by molar-refractivity contribution is 7.89. The van der Waals surface area contributed by atoms with Crippen molar-refractivity contribution >= 4 is 27.3 Å². The molecule has 3 rings (SSSR count). The number of hydrogen-bond donors (Lipinski definition) is 1. The van der Waals surface area contributed by atoms with Crippen LogP contribution in [0.15, 0.2) is 53.4 Å². The lowest BCUT2D eigenvalue weighted by molar-refractivity contribution is 0.398. The fourth-order valence-corrected chi connectivity index (χ4v) is 4.18. The molecule has 0 aromatic heterocycles. The zero-order chi connectivity index (χ0) is 15.7. The topological polar surface area (TPSA) is 63.4 Å². The van der Waals surface area contributed by atoms with Crippen molar-refractivity contribution in [1.82, 2.24) is 4.31 Å². The highest BCUT2D eigenvalue weighted by atomic mass is 35.5. The molecule has 4 nitrogen and oxygen atoms in total. The molecule has 1 aliphatic rings. The molecule has 2 aromatic rings. The first-order valence-corrected chi connectivity index (χ1v) is 8.91. The summed E-state index contributed by atoms with van der Waals surface area (Å²) in [5.74, 6) is 0. The summed E-state index contributed by atoms with van der Waals surface area (Å²) in [6.45, 7) is 0.371. The van der Waals surface area contributed by atoms with Crippen LogP contribution in [0.1, 0.15) is 18.4 Å². The maximum absolute atomic E-state index is 12.9. The van der Waals surface area contributed by atoms with Gasteiger partial charge < -0.3 is 5.73 Å². The summed E-state index contributed by atoms with van der Waals surface area (Å²) in [6, 6.07) is 14.1. The zero-order valence-electron chi connectivity index (χ0n) is 11.9. The van der Waals surface area contributed by atoms with E-state index in [2.05, 4.69) is 0 Å². The van der Waals surface area contributed by atoms with E-state index in [0.717, 1.165) is 18.4 Å². The summed E-state index contributed by atoms with van der Waals surface area (Å²) >= 11 is 5.88. The molecule has 6 heteroatoms. The molecule has 0 unspecified atom stereocenters. The van der Waals surface area contributed by atoms with Crippen molar-refractivity contribution in [2.24, 2.45) is 0 Å². The van der Waals surface area contributed by atoms with Gasteiger partial charge in [0.15, 0.2) is 0 Å². The van der Waals surface area contributed by atoms with Gasteiger partial charge in [0.25, 0.3) is 0 Å². The second-order valence-corrected chi connectivity index (χ2v) is 7.75. The van der Waals surface area contributed by atoms with Gasteiger partial charge in [0.1, 0.15) is 0 Å². The first kappa shape index (κ1) is 15.3. The number of anilines is 1. The third kappa shape index (κ3) is 3.11. The standard InChI is InChI=1S/C16H17ClN2O2S/c17-15-9-8-14(10-16(15)18)22(20,21)19(13-6-7-13)11-12-4-2-1-3-5-12/h1-5,8-10,13H,6-7,11,18H2. The van der Waals surface area contributed by atoms with Crippen molar-refractivity contribution in [2.45, 2.75) is 30.3 Å². The second kappa shape index (κ2) is 5.91. The minimum absolute atomic E-state index is 0.0714. The van der Waals surface area contributed by atoms with Gasteiger partial charge in [-0.25, -0.2) is 8.42 Å². The van der Waals surface area contributed by atoms with Gasteiger partial charge in [0, 0.05) is 12.6 Å². The minimum atomic E-state index is -3.58. The van der Waals surface area contributed by atoms with Crippen molar-refractivity contribution in [2.75, 3.05) is 5.73 Å². The van der Waals surface area contributed by atoms with E-state index < -0.39 is 10.0 Å². The fourth-order valence-electron chi connectivity index (χ4n) is 2.35. The van der Waals surface area contributed by atoms with Crippen molar-refractivity contribution in [3.63, 3.8) is 0 Å². The Morgan fingerprint density at radius 2 is 1.82 bits per heavy atom. The van der Waals surface area contributed by atoms with Crippen LogP contribution in [-0.4, -0.2) is 18.8 Å². The van der Waals surface area contributed by atoms with E-state index in [4.69, 9.17) is 17.3 Å². The van der Waals surface area contributed by atoms with Crippen LogP contribution >= 0.6 is 11.6 Å². The van der Waals surface area contributed by atoms with Crippen LogP contribution in [0.25, 0.3) is 0 Å². The van der Waals surface area contributed by atoms with Crippen LogP contribution in [0.5, 0.6) is 0 Å². The van der Waals surface area contributed by atoms with Gasteiger partial charge in [-0.2, -0.15) is 4.31 Å². The van der Waals surface area contributed by atoms with Gasteiger partial charge in [-0.15, -0.1) is 0 Å². The van der Waals surface area contributed by atoms with Crippen molar-refractivity contribution in [3.05, 3.63) is 59.1 Å². The number of halogens is 1. The molecule has 0 aliphatic heterocycles. The predicted molar refractivity (Wildman–Crippen MR) is 88.1 cm³/mol. The number of nitrogen functional groups attached to an aromatic ring is 1. The van der Waals surface area contributed by atoms with E-state index >= 15 is 0 Å². The van der Waals surface area contributed by atoms with E-state index in [0.29, 0.717) is 11.6 Å². The van der Waals surface area contributed by atoms with E-state index in [-0.39, 0.29) is 16.6 Å². The maximum Gasteiger partial charge on any atom is 0.243 e. The molecule has 22 heavy (non-hydrogen) atoms. The van der Waals surface area contributed by atoms with Crippen LogP contribution < -0.4 is 5.73 Å². The average molecular weight is 337 g/mol. The summed E-state index contributed by atoms with van der Waals surface area (Å²) < 4.78 is 27.4. The molecule has 1 fully saturated rings. The number of rotatable bonds is 5. The second-order valence-electron chi connectivity index (χ2n) is 5.45. The Balaban J connectivity index is 1.94. The molecular weight excluding hydrogens is 320 g/mol. The number of benzene rings is 2. The first-order chi connectivity index (χ1) is 10.5. The van der Waals surface area contributed by atoms with E-state index in [9.17, 15) is 8.42 Å². The third-order valence-corrected chi connectivity index (χ3v) is 5.95. The Labute approximate surface area is 135 Å². The monoisotopic (exact) mass is 336 g/mol. The maximum atomic E-state index is 12.9. The number of hydrogen-bond acceptors (Lipinski definition) is 3. The molecule has 1 aliphatic carbocycles. The third-order valence-electron chi connectivity index (χ3n) is 3.71. The summed E-state index contributed by atoms with van der Waals surface area (Å²) in [6.07, 6.45) is 1.80. The van der Waals surface area contributed by atoms with Crippen LogP contribution in [0.3, 0.4) is 0 Å². The Morgan fingerprint density at radius 3 is 2.41 bits per heavy atom. The zero-order valence-corrected chi connectivity index (χ0v) is 13.5.